The molecule has 0 radical (unpaired) electrons. The maximum Gasteiger partial charge on any atom is 0.240 e. The van der Waals surface area contributed by atoms with Gasteiger partial charge in [-0.1, -0.05) is 23.8 Å². The Morgan fingerprint density at radius 2 is 1.88 bits per heavy atom. The first-order valence-corrected chi connectivity index (χ1v) is 9.16. The van der Waals surface area contributed by atoms with Gasteiger partial charge in [-0.2, -0.15) is 5.26 Å². The lowest BCUT2D eigenvalue weighted by molar-refractivity contribution is -0.116. The number of hydrogen-bond acceptors (Lipinski definition) is 4. The molecule has 130 valence electrons. The molecule has 0 bridgehead atoms. The number of nitrogens with zero attached hydrogens (tertiary/aromatic N) is 2. The highest BCUT2D eigenvalue weighted by Gasteiger charge is 2.16. The summed E-state index contributed by atoms with van der Waals surface area (Å²) in [6.45, 7) is 3.50. The molecule has 0 aliphatic heterocycles. The highest BCUT2D eigenvalue weighted by atomic mass is 32.2. The van der Waals surface area contributed by atoms with Crippen LogP contribution in [0.15, 0.2) is 53.4 Å². The van der Waals surface area contributed by atoms with Crippen molar-refractivity contribution in [3.05, 3.63) is 59.7 Å². The first kappa shape index (κ1) is 18.6. The summed E-state index contributed by atoms with van der Waals surface area (Å²) in [4.78, 5) is 13.5. The van der Waals surface area contributed by atoms with E-state index in [-0.39, 0.29) is 23.9 Å². The molecule has 0 unspecified atom stereocenters. The summed E-state index contributed by atoms with van der Waals surface area (Å²) >= 11 is 0. The largest absolute Gasteiger partial charge is 0.311 e. The third kappa shape index (κ3) is 4.89. The lowest BCUT2D eigenvalue weighted by Crippen LogP contribution is -2.37. The van der Waals surface area contributed by atoms with Crippen molar-refractivity contribution in [2.45, 2.75) is 18.7 Å². The Morgan fingerprint density at radius 1 is 1.20 bits per heavy atom. The van der Waals surface area contributed by atoms with Gasteiger partial charge < -0.3 is 4.90 Å². The predicted molar refractivity (Wildman–Crippen MR) is 95.6 cm³/mol. The minimum Gasteiger partial charge on any atom is -0.311 e. The monoisotopic (exact) mass is 357 g/mol. The van der Waals surface area contributed by atoms with Crippen LogP contribution in [0.25, 0.3) is 0 Å². The lowest BCUT2D eigenvalue weighted by Gasteiger charge is -2.21. The number of aryl methyl sites for hydroxylation is 1. The van der Waals surface area contributed by atoms with Gasteiger partial charge in [0.25, 0.3) is 0 Å². The Balaban J connectivity index is 2.08. The van der Waals surface area contributed by atoms with E-state index in [0.717, 1.165) is 5.56 Å². The van der Waals surface area contributed by atoms with Crippen LogP contribution in [0.3, 0.4) is 0 Å². The number of rotatable bonds is 6. The molecule has 0 atom stereocenters. The van der Waals surface area contributed by atoms with Crippen LogP contribution in [0.1, 0.15) is 18.1 Å². The normalized spacial score (nSPS) is 10.9. The van der Waals surface area contributed by atoms with Crippen LogP contribution < -0.4 is 9.62 Å². The van der Waals surface area contributed by atoms with Crippen molar-refractivity contribution in [2.24, 2.45) is 0 Å². The van der Waals surface area contributed by atoms with E-state index in [9.17, 15) is 13.2 Å². The number of carbonyl (C=O) groups is 1. The molecule has 1 amide bonds. The number of nitriles is 1. The SMILES string of the molecule is CC(=O)N(CCNS(=O)(=O)c1ccc(C)cc1)c1cccc(C#N)c1. The number of nitrogens with one attached hydrogen (secondary N) is 1. The van der Waals surface area contributed by atoms with Crippen molar-refractivity contribution >= 4 is 21.6 Å². The van der Waals surface area contributed by atoms with Crippen molar-refractivity contribution < 1.29 is 13.2 Å². The van der Waals surface area contributed by atoms with Crippen LogP contribution in [-0.4, -0.2) is 27.4 Å². The fourth-order valence-electron chi connectivity index (χ4n) is 2.30. The van der Waals surface area contributed by atoms with Crippen molar-refractivity contribution in [3.63, 3.8) is 0 Å². The molecule has 0 aliphatic rings. The summed E-state index contributed by atoms with van der Waals surface area (Å²) in [6.07, 6.45) is 0. The number of amides is 1. The summed E-state index contributed by atoms with van der Waals surface area (Å²) in [6, 6.07) is 15.2. The molecule has 7 heteroatoms. The van der Waals surface area contributed by atoms with Crippen LogP contribution in [0.5, 0.6) is 0 Å². The maximum atomic E-state index is 12.3. The molecular weight excluding hydrogens is 338 g/mol. The van der Waals surface area contributed by atoms with Gasteiger partial charge in [-0.05, 0) is 37.3 Å². The Bertz CT molecular complexity index is 900. The van der Waals surface area contributed by atoms with E-state index in [1.54, 1.807) is 36.4 Å². The Labute approximate surface area is 147 Å². The topological polar surface area (TPSA) is 90.3 Å². The van der Waals surface area contributed by atoms with E-state index in [1.807, 2.05) is 13.0 Å². The Morgan fingerprint density at radius 3 is 2.48 bits per heavy atom. The van der Waals surface area contributed by atoms with Gasteiger partial charge in [0.05, 0.1) is 16.5 Å². The standard InChI is InChI=1S/C18H19N3O3S/c1-14-6-8-18(9-7-14)25(23,24)20-10-11-21(15(2)22)17-5-3-4-16(12-17)13-19/h3-9,12,20H,10-11H2,1-2H3. The molecule has 2 aromatic carbocycles. The molecule has 0 saturated heterocycles. The second-order valence-electron chi connectivity index (χ2n) is 5.54. The number of carbonyl (C=O) groups excluding carboxylic acids is 1. The molecule has 1 N–H and O–H groups in total. The van der Waals surface area contributed by atoms with E-state index in [2.05, 4.69) is 4.72 Å². The fourth-order valence-corrected chi connectivity index (χ4v) is 3.33. The van der Waals surface area contributed by atoms with Gasteiger partial charge in [0.2, 0.25) is 15.9 Å². The van der Waals surface area contributed by atoms with Crippen molar-refractivity contribution in [2.75, 3.05) is 18.0 Å². The summed E-state index contributed by atoms with van der Waals surface area (Å²) in [7, 11) is -3.63. The summed E-state index contributed by atoms with van der Waals surface area (Å²) in [5, 5.41) is 8.97. The summed E-state index contributed by atoms with van der Waals surface area (Å²) in [5.41, 5.74) is 1.96. The van der Waals surface area contributed by atoms with Crippen molar-refractivity contribution in [3.8, 4) is 6.07 Å². The second kappa shape index (κ2) is 7.92. The molecule has 0 fully saturated rings. The Kier molecular flexibility index (Phi) is 5.91. The van der Waals surface area contributed by atoms with Crippen molar-refractivity contribution in [1.29, 1.82) is 5.26 Å². The van der Waals surface area contributed by atoms with Crippen LogP contribution in [0.4, 0.5) is 5.69 Å². The van der Waals surface area contributed by atoms with Crippen LogP contribution >= 0.6 is 0 Å². The third-order valence-corrected chi connectivity index (χ3v) is 5.10. The van der Waals surface area contributed by atoms with Gasteiger partial charge in [-0.25, -0.2) is 13.1 Å². The molecular formula is C18H19N3O3S. The average Bonchev–Trinajstić information content (AvgIpc) is 2.59. The van der Waals surface area contributed by atoms with Gasteiger partial charge in [0.1, 0.15) is 0 Å². The number of benzene rings is 2. The van der Waals surface area contributed by atoms with E-state index in [4.69, 9.17) is 5.26 Å². The van der Waals surface area contributed by atoms with E-state index in [1.165, 1.54) is 24.0 Å². The van der Waals surface area contributed by atoms with Gasteiger partial charge in [0, 0.05) is 25.7 Å². The van der Waals surface area contributed by atoms with Gasteiger partial charge in [-0.3, -0.25) is 4.79 Å². The van der Waals surface area contributed by atoms with Crippen LogP contribution in [0, 0.1) is 18.3 Å². The van der Waals surface area contributed by atoms with E-state index < -0.39 is 10.0 Å². The predicted octanol–water partition coefficient (Wildman–Crippen LogP) is 2.20. The number of anilines is 1. The highest BCUT2D eigenvalue weighted by Crippen LogP contribution is 2.16. The zero-order valence-corrected chi connectivity index (χ0v) is 14.9. The van der Waals surface area contributed by atoms with Gasteiger partial charge in [-0.15, -0.1) is 0 Å². The smallest absolute Gasteiger partial charge is 0.240 e. The minimum atomic E-state index is -3.63. The lowest BCUT2D eigenvalue weighted by atomic mass is 10.2. The summed E-state index contributed by atoms with van der Waals surface area (Å²) < 4.78 is 27.0. The first-order chi connectivity index (χ1) is 11.8. The van der Waals surface area contributed by atoms with E-state index in [0.29, 0.717) is 11.3 Å². The zero-order valence-electron chi connectivity index (χ0n) is 14.1. The Hall–Kier alpha value is -2.69. The quantitative estimate of drug-likeness (QED) is 0.858. The molecule has 0 spiro atoms. The van der Waals surface area contributed by atoms with E-state index >= 15 is 0 Å². The van der Waals surface area contributed by atoms with Crippen molar-refractivity contribution in [1.82, 2.24) is 4.72 Å². The molecule has 2 rings (SSSR count). The van der Waals surface area contributed by atoms with Gasteiger partial charge in [0.15, 0.2) is 0 Å². The maximum absolute atomic E-state index is 12.3. The average molecular weight is 357 g/mol. The first-order valence-electron chi connectivity index (χ1n) is 7.68. The molecule has 0 aliphatic carbocycles. The van der Waals surface area contributed by atoms with Crippen LogP contribution in [-0.2, 0) is 14.8 Å². The van der Waals surface area contributed by atoms with Gasteiger partial charge >= 0.3 is 0 Å². The number of sulfonamides is 1. The number of hydrogen-bond donors (Lipinski definition) is 1. The third-order valence-electron chi connectivity index (χ3n) is 3.63. The molecule has 6 nitrogen and oxygen atoms in total. The zero-order chi connectivity index (χ0) is 18.4. The summed E-state index contributed by atoms with van der Waals surface area (Å²) in [5.74, 6) is -0.232. The molecule has 2 aromatic rings. The second-order valence-corrected chi connectivity index (χ2v) is 7.31. The minimum absolute atomic E-state index is 0.0621. The molecule has 0 aromatic heterocycles. The molecule has 0 heterocycles. The highest BCUT2D eigenvalue weighted by molar-refractivity contribution is 7.89. The molecule has 0 saturated carbocycles. The molecule has 25 heavy (non-hydrogen) atoms. The fraction of sp³-hybridized carbons (Fsp3) is 0.222. The van der Waals surface area contributed by atoms with Crippen LogP contribution in [0.2, 0.25) is 0 Å².